The molecule has 0 radical (unpaired) electrons. The summed E-state index contributed by atoms with van der Waals surface area (Å²) in [7, 11) is 1.46. The van der Waals surface area contributed by atoms with Gasteiger partial charge in [-0.05, 0) is 61.7 Å². The summed E-state index contributed by atoms with van der Waals surface area (Å²) in [4.78, 5) is 12.0. The Labute approximate surface area is 144 Å². The van der Waals surface area contributed by atoms with Crippen LogP contribution in [-0.2, 0) is 0 Å². The number of hydrazone groups is 1. The van der Waals surface area contributed by atoms with E-state index in [2.05, 4.69) is 42.4 Å². The molecule has 0 aliphatic rings. The van der Waals surface area contributed by atoms with Gasteiger partial charge in [0.2, 0.25) is 0 Å². The molecule has 1 amide bonds. The van der Waals surface area contributed by atoms with Crippen LogP contribution in [0.15, 0.2) is 50.4 Å². The van der Waals surface area contributed by atoms with Gasteiger partial charge in [0.05, 0.1) is 23.4 Å². The highest BCUT2D eigenvalue weighted by molar-refractivity contribution is 9.10. The summed E-state index contributed by atoms with van der Waals surface area (Å²) in [5.41, 5.74) is 3.52. The first-order chi connectivity index (χ1) is 10.5. The maximum absolute atomic E-state index is 12.0. The number of hydrogen-bond acceptors (Lipinski definition) is 4. The van der Waals surface area contributed by atoms with Gasteiger partial charge < -0.3 is 9.84 Å². The van der Waals surface area contributed by atoms with E-state index in [4.69, 9.17) is 4.74 Å². The number of hydrogen-bond donors (Lipinski definition) is 2. The van der Waals surface area contributed by atoms with Gasteiger partial charge in [0.1, 0.15) is 0 Å². The summed E-state index contributed by atoms with van der Waals surface area (Å²) in [6.07, 6.45) is 1.43. The van der Waals surface area contributed by atoms with E-state index in [0.29, 0.717) is 25.8 Å². The minimum Gasteiger partial charge on any atom is -0.504 e. The first-order valence-electron chi connectivity index (χ1n) is 6.17. The Morgan fingerprint density at radius 2 is 2.00 bits per heavy atom. The molecule has 2 aromatic carbocycles. The number of halogens is 2. The first kappa shape index (κ1) is 16.5. The average molecular weight is 428 g/mol. The lowest BCUT2D eigenvalue weighted by molar-refractivity contribution is 0.0954. The highest BCUT2D eigenvalue weighted by atomic mass is 79.9. The van der Waals surface area contributed by atoms with Gasteiger partial charge in [-0.1, -0.05) is 12.1 Å². The summed E-state index contributed by atoms with van der Waals surface area (Å²) in [5.74, 6) is -0.00891. The van der Waals surface area contributed by atoms with Crippen molar-refractivity contribution in [1.82, 2.24) is 5.43 Å². The molecule has 5 nitrogen and oxygen atoms in total. The second-order valence-electron chi connectivity index (χ2n) is 4.23. The van der Waals surface area contributed by atoms with E-state index in [1.54, 1.807) is 24.3 Å². The maximum atomic E-state index is 12.0. The van der Waals surface area contributed by atoms with Crippen LogP contribution in [0.25, 0.3) is 0 Å². The van der Waals surface area contributed by atoms with E-state index in [-0.39, 0.29) is 11.7 Å². The van der Waals surface area contributed by atoms with Gasteiger partial charge >= 0.3 is 0 Å². The zero-order valence-electron chi connectivity index (χ0n) is 11.5. The van der Waals surface area contributed by atoms with E-state index >= 15 is 0 Å². The molecule has 2 aromatic rings. The average Bonchev–Trinajstić information content (AvgIpc) is 2.47. The SMILES string of the molecule is COc1c(O)cc(/C=N\NC(=O)c2ccccc2Br)cc1Br. The molecule has 0 aliphatic carbocycles. The van der Waals surface area contributed by atoms with Crippen LogP contribution in [0.4, 0.5) is 0 Å². The Balaban J connectivity index is 2.10. The van der Waals surface area contributed by atoms with Crippen LogP contribution in [0, 0.1) is 0 Å². The largest absolute Gasteiger partial charge is 0.504 e. The van der Waals surface area contributed by atoms with Gasteiger partial charge in [-0.2, -0.15) is 5.10 Å². The third-order valence-electron chi connectivity index (χ3n) is 2.75. The number of benzene rings is 2. The minimum atomic E-state index is -0.333. The molecule has 0 aliphatic heterocycles. The van der Waals surface area contributed by atoms with E-state index < -0.39 is 0 Å². The molecule has 2 N–H and O–H groups in total. The Hall–Kier alpha value is -1.86. The molecule has 0 bridgehead atoms. The van der Waals surface area contributed by atoms with E-state index in [1.165, 1.54) is 19.4 Å². The molecule has 0 aromatic heterocycles. The fourth-order valence-corrected chi connectivity index (χ4v) is 2.84. The lowest BCUT2D eigenvalue weighted by atomic mass is 10.2. The van der Waals surface area contributed by atoms with Crippen molar-refractivity contribution in [3.8, 4) is 11.5 Å². The molecule has 0 atom stereocenters. The zero-order valence-corrected chi connectivity index (χ0v) is 14.7. The summed E-state index contributed by atoms with van der Waals surface area (Å²) in [6, 6.07) is 10.2. The summed E-state index contributed by atoms with van der Waals surface area (Å²) >= 11 is 6.59. The van der Waals surface area contributed by atoms with Crippen molar-refractivity contribution in [2.24, 2.45) is 5.10 Å². The highest BCUT2D eigenvalue weighted by Gasteiger charge is 2.09. The molecule has 0 saturated carbocycles. The maximum Gasteiger partial charge on any atom is 0.272 e. The third-order valence-corrected chi connectivity index (χ3v) is 4.03. The fourth-order valence-electron chi connectivity index (χ4n) is 1.75. The van der Waals surface area contributed by atoms with Crippen molar-refractivity contribution < 1.29 is 14.6 Å². The smallest absolute Gasteiger partial charge is 0.272 e. The highest BCUT2D eigenvalue weighted by Crippen LogP contribution is 2.34. The number of nitrogens with zero attached hydrogens (tertiary/aromatic N) is 1. The lowest BCUT2D eigenvalue weighted by Gasteiger charge is -2.06. The Kier molecular flexibility index (Phi) is 5.57. The third kappa shape index (κ3) is 3.86. The minimum absolute atomic E-state index is 0.0181. The van der Waals surface area contributed by atoms with Crippen LogP contribution in [-0.4, -0.2) is 24.3 Å². The van der Waals surface area contributed by atoms with Crippen molar-refractivity contribution in [3.05, 3.63) is 56.5 Å². The van der Waals surface area contributed by atoms with Crippen molar-refractivity contribution in [3.63, 3.8) is 0 Å². The van der Waals surface area contributed by atoms with Crippen LogP contribution >= 0.6 is 31.9 Å². The second-order valence-corrected chi connectivity index (χ2v) is 5.94. The Bertz CT molecular complexity index is 709. The number of carbonyl (C=O) groups excluding carboxylic acids is 1. The number of phenols is 1. The number of rotatable bonds is 4. The van der Waals surface area contributed by atoms with Gasteiger partial charge in [-0.3, -0.25) is 4.79 Å². The summed E-state index contributed by atoms with van der Waals surface area (Å²) in [5, 5.41) is 13.7. The second kappa shape index (κ2) is 7.42. The van der Waals surface area contributed by atoms with Crippen molar-refractivity contribution in [2.45, 2.75) is 0 Å². The molecule has 22 heavy (non-hydrogen) atoms. The Morgan fingerprint density at radius 1 is 1.27 bits per heavy atom. The predicted molar refractivity (Wildman–Crippen MR) is 91.6 cm³/mol. The quantitative estimate of drug-likeness (QED) is 0.577. The standard InChI is InChI=1S/C15H12Br2N2O3/c1-22-14-12(17)6-9(7-13(14)20)8-18-19-15(21)10-4-2-3-5-11(10)16/h2-8,20H,1H3,(H,19,21)/b18-8-. The molecule has 2 rings (SSSR count). The van der Waals surface area contributed by atoms with E-state index in [9.17, 15) is 9.90 Å². The topological polar surface area (TPSA) is 70.9 Å². The molecule has 0 saturated heterocycles. The number of aromatic hydroxyl groups is 1. The predicted octanol–water partition coefficient (Wildman–Crippen LogP) is 3.69. The molecule has 0 spiro atoms. The zero-order chi connectivity index (χ0) is 16.1. The van der Waals surface area contributed by atoms with Crippen LogP contribution in [0.3, 0.4) is 0 Å². The number of amides is 1. The van der Waals surface area contributed by atoms with Crippen LogP contribution in [0.5, 0.6) is 11.5 Å². The fraction of sp³-hybridized carbons (Fsp3) is 0.0667. The van der Waals surface area contributed by atoms with Gasteiger partial charge in [0.15, 0.2) is 11.5 Å². The number of carbonyl (C=O) groups is 1. The van der Waals surface area contributed by atoms with E-state index in [0.717, 1.165) is 0 Å². The normalized spacial score (nSPS) is 10.7. The number of methoxy groups -OCH3 is 1. The van der Waals surface area contributed by atoms with Crippen molar-refractivity contribution >= 4 is 44.0 Å². The molecule has 114 valence electrons. The monoisotopic (exact) mass is 426 g/mol. The summed E-state index contributed by atoms with van der Waals surface area (Å²) < 4.78 is 6.31. The van der Waals surface area contributed by atoms with Crippen LogP contribution < -0.4 is 10.2 Å². The molecule has 0 unspecified atom stereocenters. The number of phenolic OH excluding ortho intramolecular Hbond substituents is 1. The molecule has 0 heterocycles. The number of ether oxygens (including phenoxy) is 1. The molecule has 7 heteroatoms. The van der Waals surface area contributed by atoms with E-state index in [1.807, 2.05) is 6.07 Å². The van der Waals surface area contributed by atoms with Crippen LogP contribution in [0.2, 0.25) is 0 Å². The molecular formula is C15H12Br2N2O3. The van der Waals surface area contributed by atoms with Gasteiger partial charge in [0.25, 0.3) is 5.91 Å². The van der Waals surface area contributed by atoms with Gasteiger partial charge in [-0.25, -0.2) is 5.43 Å². The lowest BCUT2D eigenvalue weighted by Crippen LogP contribution is -2.18. The van der Waals surface area contributed by atoms with Crippen LogP contribution in [0.1, 0.15) is 15.9 Å². The Morgan fingerprint density at radius 3 is 2.64 bits per heavy atom. The molecule has 0 fully saturated rings. The van der Waals surface area contributed by atoms with Gasteiger partial charge in [-0.15, -0.1) is 0 Å². The van der Waals surface area contributed by atoms with Gasteiger partial charge in [0, 0.05) is 4.47 Å². The van der Waals surface area contributed by atoms with Crippen molar-refractivity contribution in [2.75, 3.05) is 7.11 Å². The molecular weight excluding hydrogens is 416 g/mol. The number of nitrogens with one attached hydrogen (secondary N) is 1. The first-order valence-corrected chi connectivity index (χ1v) is 7.76. The van der Waals surface area contributed by atoms with Crippen molar-refractivity contribution in [1.29, 1.82) is 0 Å². The summed E-state index contributed by atoms with van der Waals surface area (Å²) in [6.45, 7) is 0.